The van der Waals surface area contributed by atoms with Crippen molar-refractivity contribution in [2.75, 3.05) is 13.6 Å². The predicted octanol–water partition coefficient (Wildman–Crippen LogP) is 3.06. The fraction of sp³-hybridized carbons (Fsp3) is 0.389. The van der Waals surface area contributed by atoms with Crippen molar-refractivity contribution in [3.63, 3.8) is 0 Å². The number of benzene rings is 1. The lowest BCUT2D eigenvalue weighted by Gasteiger charge is -2.19. The lowest BCUT2D eigenvalue weighted by molar-refractivity contribution is 0.159. The van der Waals surface area contributed by atoms with Gasteiger partial charge in [-0.15, -0.1) is 0 Å². The normalized spacial score (nSPS) is 16.4. The summed E-state index contributed by atoms with van der Waals surface area (Å²) < 4.78 is 6.01. The van der Waals surface area contributed by atoms with Crippen LogP contribution in [0.3, 0.4) is 0 Å². The van der Waals surface area contributed by atoms with Crippen LogP contribution in [0, 0.1) is 13.8 Å². The molecule has 0 spiro atoms. The van der Waals surface area contributed by atoms with E-state index in [0.29, 0.717) is 11.6 Å². The fourth-order valence-electron chi connectivity index (χ4n) is 3.34. The minimum Gasteiger partial charge on any atom is -0.472 e. The zero-order chi connectivity index (χ0) is 17.6. The van der Waals surface area contributed by atoms with E-state index >= 15 is 0 Å². The van der Waals surface area contributed by atoms with Crippen LogP contribution in [0.5, 0.6) is 5.88 Å². The van der Waals surface area contributed by atoms with Crippen LogP contribution in [-0.4, -0.2) is 44.5 Å². The number of nitrogens with one attached hydrogen (secondary N) is 1. The highest BCUT2D eigenvalue weighted by atomic mass is 35.5. The Bertz CT molecular complexity index is 939. The van der Waals surface area contributed by atoms with Crippen molar-refractivity contribution < 1.29 is 4.74 Å². The molecule has 4 rings (SSSR count). The molecular weight excluding hydrogens is 338 g/mol. The van der Waals surface area contributed by atoms with Crippen LogP contribution < -0.4 is 4.74 Å². The number of aromatic amines is 1. The third-order valence-corrected chi connectivity index (χ3v) is 4.66. The summed E-state index contributed by atoms with van der Waals surface area (Å²) in [4.78, 5) is 19.0. The van der Waals surface area contributed by atoms with Crippen molar-refractivity contribution in [3.05, 3.63) is 46.1 Å². The number of aromatic nitrogens is 4. The molecule has 0 unspecified atom stereocenters. The number of imidazole rings is 1. The summed E-state index contributed by atoms with van der Waals surface area (Å²) in [5, 5.41) is 0.708. The van der Waals surface area contributed by atoms with Crippen LogP contribution in [0.25, 0.3) is 11.0 Å². The number of hydrogen-bond acceptors (Lipinski definition) is 5. The zero-order valence-electron chi connectivity index (χ0n) is 14.5. The molecule has 7 heteroatoms. The first-order valence-electron chi connectivity index (χ1n) is 8.31. The quantitative estimate of drug-likeness (QED) is 0.777. The standard InChI is InChI=1S/C18H20ClN5O/c1-10-14-7-13(25-18(14)21-11(2)20-10)8-24(3)9-17-22-15-5-4-12(19)6-16(15)23-17/h4-6,13H,7-9H2,1-3H3,(H,22,23)/t13-/m1/s1. The number of aryl methyl sites for hydroxylation is 2. The number of likely N-dealkylation sites (N-methyl/N-ethyl adjacent to an activating group) is 1. The molecule has 1 aliphatic rings. The molecule has 1 aliphatic heterocycles. The molecule has 0 bridgehead atoms. The Labute approximate surface area is 151 Å². The smallest absolute Gasteiger partial charge is 0.220 e. The molecule has 0 saturated heterocycles. The van der Waals surface area contributed by atoms with E-state index < -0.39 is 0 Å². The number of ether oxygens (including phenoxy) is 1. The number of halogens is 1. The molecule has 0 aliphatic carbocycles. The number of H-pyrrole nitrogens is 1. The molecule has 3 heterocycles. The van der Waals surface area contributed by atoms with Crippen LogP contribution in [0.1, 0.15) is 22.9 Å². The Morgan fingerprint density at radius 3 is 2.96 bits per heavy atom. The van der Waals surface area contributed by atoms with Crippen LogP contribution in [0.2, 0.25) is 5.02 Å². The molecule has 0 fully saturated rings. The van der Waals surface area contributed by atoms with Gasteiger partial charge in [0.25, 0.3) is 0 Å². The SMILES string of the molecule is Cc1nc(C)c2c(n1)O[C@@H](CN(C)Cc1nc3ccc(Cl)cc3[nH]1)C2. The second-order valence-electron chi connectivity index (χ2n) is 6.63. The summed E-state index contributed by atoms with van der Waals surface area (Å²) in [6, 6.07) is 5.68. The molecule has 2 aromatic heterocycles. The Kier molecular flexibility index (Phi) is 4.09. The lowest BCUT2D eigenvalue weighted by atomic mass is 10.1. The second-order valence-corrected chi connectivity index (χ2v) is 7.06. The predicted molar refractivity (Wildman–Crippen MR) is 97.1 cm³/mol. The molecule has 0 amide bonds. The summed E-state index contributed by atoms with van der Waals surface area (Å²) in [5.41, 5.74) is 4.03. The van der Waals surface area contributed by atoms with Crippen LogP contribution in [0.15, 0.2) is 18.2 Å². The Hall–Kier alpha value is -2.18. The molecule has 1 aromatic carbocycles. The van der Waals surface area contributed by atoms with Crippen molar-refractivity contribution in [1.82, 2.24) is 24.8 Å². The van der Waals surface area contributed by atoms with E-state index in [1.807, 2.05) is 32.0 Å². The summed E-state index contributed by atoms with van der Waals surface area (Å²) >= 11 is 6.03. The third kappa shape index (κ3) is 3.32. The number of fused-ring (bicyclic) bond motifs is 2. The van der Waals surface area contributed by atoms with E-state index in [1.54, 1.807) is 0 Å². The highest BCUT2D eigenvalue weighted by molar-refractivity contribution is 6.31. The van der Waals surface area contributed by atoms with Gasteiger partial charge in [0, 0.05) is 29.2 Å². The van der Waals surface area contributed by atoms with Gasteiger partial charge in [0.05, 0.1) is 17.6 Å². The summed E-state index contributed by atoms with van der Waals surface area (Å²) in [6.07, 6.45) is 0.940. The molecule has 3 aromatic rings. The van der Waals surface area contributed by atoms with Gasteiger partial charge >= 0.3 is 0 Å². The van der Waals surface area contributed by atoms with E-state index in [4.69, 9.17) is 16.3 Å². The van der Waals surface area contributed by atoms with Crippen molar-refractivity contribution in [2.45, 2.75) is 32.9 Å². The van der Waals surface area contributed by atoms with Gasteiger partial charge in [0.2, 0.25) is 5.88 Å². The van der Waals surface area contributed by atoms with Gasteiger partial charge < -0.3 is 9.72 Å². The maximum atomic E-state index is 6.03. The van der Waals surface area contributed by atoms with Gasteiger partial charge in [0.1, 0.15) is 17.8 Å². The highest BCUT2D eigenvalue weighted by Gasteiger charge is 2.27. The molecule has 6 nitrogen and oxygen atoms in total. The minimum atomic E-state index is 0.0913. The monoisotopic (exact) mass is 357 g/mol. The van der Waals surface area contributed by atoms with E-state index in [1.165, 1.54) is 0 Å². The summed E-state index contributed by atoms with van der Waals surface area (Å²) in [7, 11) is 2.07. The molecule has 130 valence electrons. The van der Waals surface area contributed by atoms with Crippen molar-refractivity contribution >= 4 is 22.6 Å². The van der Waals surface area contributed by atoms with E-state index in [2.05, 4.69) is 31.9 Å². The summed E-state index contributed by atoms with van der Waals surface area (Å²) in [5.74, 6) is 2.41. The first-order chi connectivity index (χ1) is 12.0. The van der Waals surface area contributed by atoms with E-state index in [0.717, 1.165) is 52.8 Å². The topological polar surface area (TPSA) is 66.9 Å². The maximum absolute atomic E-state index is 6.03. The number of hydrogen-bond donors (Lipinski definition) is 1. The first kappa shape index (κ1) is 16.3. The van der Waals surface area contributed by atoms with Gasteiger partial charge in [0.15, 0.2) is 0 Å². The Morgan fingerprint density at radius 2 is 2.12 bits per heavy atom. The van der Waals surface area contributed by atoms with Crippen molar-refractivity contribution in [1.29, 1.82) is 0 Å². The number of rotatable bonds is 4. The van der Waals surface area contributed by atoms with Crippen molar-refractivity contribution in [2.24, 2.45) is 0 Å². The van der Waals surface area contributed by atoms with Gasteiger partial charge in [-0.25, -0.2) is 9.97 Å². The molecule has 25 heavy (non-hydrogen) atoms. The number of nitrogens with zero attached hydrogens (tertiary/aromatic N) is 4. The molecule has 1 atom stereocenters. The van der Waals surface area contributed by atoms with Crippen LogP contribution >= 0.6 is 11.6 Å². The summed E-state index contributed by atoms with van der Waals surface area (Å²) in [6.45, 7) is 5.42. The minimum absolute atomic E-state index is 0.0913. The van der Waals surface area contributed by atoms with Gasteiger partial charge in [-0.3, -0.25) is 4.90 Å². The molecule has 0 radical (unpaired) electrons. The van der Waals surface area contributed by atoms with Gasteiger partial charge in [-0.05, 0) is 39.1 Å². The second kappa shape index (κ2) is 6.28. The van der Waals surface area contributed by atoms with Gasteiger partial charge in [-0.2, -0.15) is 4.98 Å². The average Bonchev–Trinajstić information content (AvgIpc) is 3.09. The fourth-order valence-corrected chi connectivity index (χ4v) is 3.52. The van der Waals surface area contributed by atoms with Crippen LogP contribution in [-0.2, 0) is 13.0 Å². The third-order valence-electron chi connectivity index (χ3n) is 4.43. The Morgan fingerprint density at radius 1 is 1.28 bits per heavy atom. The zero-order valence-corrected chi connectivity index (χ0v) is 15.3. The highest BCUT2D eigenvalue weighted by Crippen LogP contribution is 2.29. The first-order valence-corrected chi connectivity index (χ1v) is 8.69. The van der Waals surface area contributed by atoms with E-state index in [9.17, 15) is 0 Å². The average molecular weight is 358 g/mol. The van der Waals surface area contributed by atoms with Crippen molar-refractivity contribution in [3.8, 4) is 5.88 Å². The van der Waals surface area contributed by atoms with E-state index in [-0.39, 0.29) is 6.10 Å². The largest absolute Gasteiger partial charge is 0.472 e. The molecule has 0 saturated carbocycles. The van der Waals surface area contributed by atoms with Gasteiger partial charge in [-0.1, -0.05) is 11.6 Å². The molecule has 1 N–H and O–H groups in total. The lowest BCUT2D eigenvalue weighted by Crippen LogP contribution is -2.32. The van der Waals surface area contributed by atoms with Crippen LogP contribution in [0.4, 0.5) is 0 Å². The maximum Gasteiger partial charge on any atom is 0.220 e. The molecular formula is C18H20ClN5O. The Balaban J connectivity index is 1.42.